The lowest BCUT2D eigenvalue weighted by atomic mass is 10.2. The minimum Gasteiger partial charge on any atom is -0.266 e. The SMILES string of the molecule is Cc1cc(-n2c(Cl)nnc2-c2ccccc2)ccc1Br. The maximum Gasteiger partial charge on any atom is 0.229 e. The maximum absolute atomic E-state index is 6.20. The lowest BCUT2D eigenvalue weighted by Gasteiger charge is -2.09. The van der Waals surface area contributed by atoms with E-state index in [2.05, 4.69) is 26.1 Å². The van der Waals surface area contributed by atoms with Gasteiger partial charge in [-0.3, -0.25) is 4.57 Å². The van der Waals surface area contributed by atoms with Gasteiger partial charge in [-0.15, -0.1) is 10.2 Å². The van der Waals surface area contributed by atoms with Crippen LogP contribution in [0.25, 0.3) is 17.1 Å². The van der Waals surface area contributed by atoms with Crippen molar-refractivity contribution in [2.45, 2.75) is 6.92 Å². The van der Waals surface area contributed by atoms with Gasteiger partial charge in [0.25, 0.3) is 0 Å². The third kappa shape index (κ3) is 2.37. The summed E-state index contributed by atoms with van der Waals surface area (Å²) in [4.78, 5) is 0. The molecular formula is C15H11BrClN3. The second-order valence-electron chi connectivity index (χ2n) is 4.43. The molecule has 0 aliphatic carbocycles. The Bertz CT molecular complexity index is 753. The molecule has 0 amide bonds. The third-order valence-corrected chi connectivity index (χ3v) is 4.19. The average Bonchev–Trinajstić information content (AvgIpc) is 2.85. The Hall–Kier alpha value is -1.65. The lowest BCUT2D eigenvalue weighted by Crippen LogP contribution is -1.98. The Morgan fingerprint density at radius 3 is 2.50 bits per heavy atom. The minimum atomic E-state index is 0.352. The summed E-state index contributed by atoms with van der Waals surface area (Å²) in [6.07, 6.45) is 0. The van der Waals surface area contributed by atoms with E-state index in [9.17, 15) is 0 Å². The summed E-state index contributed by atoms with van der Waals surface area (Å²) in [5.74, 6) is 0.734. The number of aryl methyl sites for hydroxylation is 1. The van der Waals surface area contributed by atoms with E-state index in [0.29, 0.717) is 5.28 Å². The Morgan fingerprint density at radius 2 is 1.80 bits per heavy atom. The Balaban J connectivity index is 2.19. The molecule has 0 fully saturated rings. The third-order valence-electron chi connectivity index (χ3n) is 3.06. The summed E-state index contributed by atoms with van der Waals surface area (Å²) in [6.45, 7) is 2.04. The van der Waals surface area contributed by atoms with Gasteiger partial charge in [0.05, 0.1) is 5.69 Å². The zero-order chi connectivity index (χ0) is 14.1. The number of hydrogen-bond donors (Lipinski definition) is 0. The van der Waals surface area contributed by atoms with Gasteiger partial charge in [-0.1, -0.05) is 46.3 Å². The van der Waals surface area contributed by atoms with E-state index in [1.54, 1.807) is 0 Å². The minimum absolute atomic E-state index is 0.352. The highest BCUT2D eigenvalue weighted by atomic mass is 79.9. The molecule has 0 unspecified atom stereocenters. The highest BCUT2D eigenvalue weighted by Crippen LogP contribution is 2.27. The van der Waals surface area contributed by atoms with E-state index in [1.807, 2.05) is 60.0 Å². The van der Waals surface area contributed by atoms with Gasteiger partial charge < -0.3 is 0 Å². The predicted molar refractivity (Wildman–Crippen MR) is 84.2 cm³/mol. The number of hydrogen-bond acceptors (Lipinski definition) is 2. The zero-order valence-corrected chi connectivity index (χ0v) is 13.1. The van der Waals surface area contributed by atoms with Crippen LogP contribution < -0.4 is 0 Å². The van der Waals surface area contributed by atoms with Gasteiger partial charge >= 0.3 is 0 Å². The summed E-state index contributed by atoms with van der Waals surface area (Å²) in [7, 11) is 0. The van der Waals surface area contributed by atoms with Crippen LogP contribution in [0.15, 0.2) is 53.0 Å². The van der Waals surface area contributed by atoms with Crippen molar-refractivity contribution in [1.29, 1.82) is 0 Å². The van der Waals surface area contributed by atoms with Crippen LogP contribution in [0.5, 0.6) is 0 Å². The first-order chi connectivity index (χ1) is 9.66. The predicted octanol–water partition coefficient (Wildman–Crippen LogP) is 4.66. The number of aromatic nitrogens is 3. The van der Waals surface area contributed by atoms with Gasteiger partial charge in [0.15, 0.2) is 5.82 Å². The van der Waals surface area contributed by atoms with Crippen molar-refractivity contribution >= 4 is 27.5 Å². The van der Waals surface area contributed by atoms with E-state index in [1.165, 1.54) is 0 Å². The number of rotatable bonds is 2. The van der Waals surface area contributed by atoms with Gasteiger partial charge in [0.1, 0.15) is 0 Å². The van der Waals surface area contributed by atoms with Crippen molar-refractivity contribution < 1.29 is 0 Å². The van der Waals surface area contributed by atoms with Gasteiger partial charge in [-0.2, -0.15) is 0 Å². The molecule has 0 N–H and O–H groups in total. The smallest absolute Gasteiger partial charge is 0.229 e. The van der Waals surface area contributed by atoms with Crippen LogP contribution in [0.2, 0.25) is 5.28 Å². The Morgan fingerprint density at radius 1 is 1.05 bits per heavy atom. The molecule has 20 heavy (non-hydrogen) atoms. The molecule has 0 saturated heterocycles. The molecule has 0 radical (unpaired) electrons. The van der Waals surface area contributed by atoms with Crippen LogP contribution in [0.4, 0.5) is 0 Å². The standard InChI is InChI=1S/C15H11BrClN3/c1-10-9-12(7-8-13(10)16)20-14(18-19-15(20)17)11-5-3-2-4-6-11/h2-9H,1H3. The average molecular weight is 349 g/mol. The summed E-state index contributed by atoms with van der Waals surface area (Å²) < 4.78 is 2.91. The summed E-state index contributed by atoms with van der Waals surface area (Å²) in [5.41, 5.74) is 3.05. The molecule has 0 aliphatic rings. The van der Waals surface area contributed by atoms with Gasteiger partial charge in [-0.25, -0.2) is 0 Å². The number of halogens is 2. The first-order valence-corrected chi connectivity index (χ1v) is 7.27. The van der Waals surface area contributed by atoms with Crippen LogP contribution >= 0.6 is 27.5 Å². The molecule has 2 aromatic carbocycles. The summed E-state index contributed by atoms with van der Waals surface area (Å²) in [5, 5.41) is 8.52. The molecule has 1 aromatic heterocycles. The molecular weight excluding hydrogens is 338 g/mol. The first-order valence-electron chi connectivity index (χ1n) is 6.09. The second kappa shape index (κ2) is 5.38. The molecule has 100 valence electrons. The quantitative estimate of drug-likeness (QED) is 0.674. The molecule has 5 heteroatoms. The van der Waals surface area contributed by atoms with E-state index in [-0.39, 0.29) is 0 Å². The topological polar surface area (TPSA) is 30.7 Å². The Kier molecular flexibility index (Phi) is 3.59. The monoisotopic (exact) mass is 347 g/mol. The molecule has 3 aromatic rings. The van der Waals surface area contributed by atoms with E-state index in [4.69, 9.17) is 11.6 Å². The largest absolute Gasteiger partial charge is 0.266 e. The van der Waals surface area contributed by atoms with E-state index >= 15 is 0 Å². The molecule has 0 saturated carbocycles. The van der Waals surface area contributed by atoms with Gasteiger partial charge in [0.2, 0.25) is 5.28 Å². The zero-order valence-electron chi connectivity index (χ0n) is 10.7. The second-order valence-corrected chi connectivity index (χ2v) is 5.62. The molecule has 0 atom stereocenters. The van der Waals surface area contributed by atoms with Crippen molar-refractivity contribution in [2.75, 3.05) is 0 Å². The van der Waals surface area contributed by atoms with Gasteiger partial charge in [0, 0.05) is 10.0 Å². The fraction of sp³-hybridized carbons (Fsp3) is 0.0667. The van der Waals surface area contributed by atoms with Crippen molar-refractivity contribution in [2.24, 2.45) is 0 Å². The van der Waals surface area contributed by atoms with E-state index in [0.717, 1.165) is 27.1 Å². The maximum atomic E-state index is 6.20. The lowest BCUT2D eigenvalue weighted by molar-refractivity contribution is 1.06. The van der Waals surface area contributed by atoms with Crippen molar-refractivity contribution in [3.05, 3.63) is 63.9 Å². The van der Waals surface area contributed by atoms with Crippen LogP contribution in [-0.2, 0) is 0 Å². The number of benzene rings is 2. The van der Waals surface area contributed by atoms with Crippen LogP contribution in [0.1, 0.15) is 5.56 Å². The summed E-state index contributed by atoms with van der Waals surface area (Å²) >= 11 is 9.70. The van der Waals surface area contributed by atoms with Crippen LogP contribution in [0.3, 0.4) is 0 Å². The molecule has 3 nitrogen and oxygen atoms in total. The summed E-state index contributed by atoms with van der Waals surface area (Å²) in [6, 6.07) is 15.9. The highest BCUT2D eigenvalue weighted by molar-refractivity contribution is 9.10. The molecule has 0 aliphatic heterocycles. The van der Waals surface area contributed by atoms with Crippen molar-refractivity contribution in [3.63, 3.8) is 0 Å². The molecule has 0 spiro atoms. The molecule has 3 rings (SSSR count). The highest BCUT2D eigenvalue weighted by Gasteiger charge is 2.14. The van der Waals surface area contributed by atoms with Crippen molar-refractivity contribution in [1.82, 2.24) is 14.8 Å². The first kappa shape index (κ1) is 13.3. The van der Waals surface area contributed by atoms with Crippen molar-refractivity contribution in [3.8, 4) is 17.1 Å². The fourth-order valence-electron chi connectivity index (χ4n) is 2.04. The van der Waals surface area contributed by atoms with Gasteiger partial charge in [-0.05, 0) is 42.3 Å². The van der Waals surface area contributed by atoms with E-state index < -0.39 is 0 Å². The number of nitrogens with zero attached hydrogens (tertiary/aromatic N) is 3. The fourth-order valence-corrected chi connectivity index (χ4v) is 2.50. The Labute approximate surface area is 130 Å². The van der Waals surface area contributed by atoms with Crippen LogP contribution in [0, 0.1) is 6.92 Å². The molecule has 1 heterocycles. The molecule has 0 bridgehead atoms. The van der Waals surface area contributed by atoms with Crippen LogP contribution in [-0.4, -0.2) is 14.8 Å². The normalized spacial score (nSPS) is 10.8.